The monoisotopic (exact) mass is 294 g/mol. The molecule has 21 heavy (non-hydrogen) atoms. The number of hydrogen-bond acceptors (Lipinski definition) is 3. The van der Waals surface area contributed by atoms with E-state index in [4.69, 9.17) is 4.42 Å². The largest absolute Gasteiger partial charge is 0.481 e. The third kappa shape index (κ3) is 3.56. The number of carboxylic acids is 1. The Morgan fingerprint density at radius 3 is 2.95 bits per heavy atom. The van der Waals surface area contributed by atoms with Gasteiger partial charge >= 0.3 is 12.0 Å². The molecule has 2 rings (SSSR count). The maximum Gasteiger partial charge on any atom is 0.317 e. The highest BCUT2D eigenvalue weighted by Crippen LogP contribution is 2.33. The van der Waals surface area contributed by atoms with Gasteiger partial charge in [-0.15, -0.1) is 0 Å². The highest BCUT2D eigenvalue weighted by atomic mass is 16.4. The van der Waals surface area contributed by atoms with Crippen LogP contribution in [0.3, 0.4) is 0 Å². The van der Waals surface area contributed by atoms with E-state index >= 15 is 0 Å². The lowest BCUT2D eigenvalue weighted by Gasteiger charge is -2.39. The summed E-state index contributed by atoms with van der Waals surface area (Å²) >= 11 is 0. The molecule has 1 aromatic heterocycles. The van der Waals surface area contributed by atoms with Crippen LogP contribution in [0.25, 0.3) is 0 Å². The minimum atomic E-state index is -0.807. The van der Waals surface area contributed by atoms with Crippen molar-refractivity contribution in [3.05, 3.63) is 24.2 Å². The number of nitrogens with zero attached hydrogens (tertiary/aromatic N) is 1. The van der Waals surface area contributed by atoms with Crippen LogP contribution in [0, 0.1) is 5.41 Å². The van der Waals surface area contributed by atoms with Crippen molar-refractivity contribution in [2.75, 3.05) is 19.6 Å². The molecule has 1 aromatic rings. The van der Waals surface area contributed by atoms with Crippen molar-refractivity contribution in [2.45, 2.75) is 32.6 Å². The number of likely N-dealkylation sites (tertiary alicyclic amines) is 1. The van der Waals surface area contributed by atoms with Crippen molar-refractivity contribution < 1.29 is 19.1 Å². The summed E-state index contributed by atoms with van der Waals surface area (Å²) in [6, 6.07) is 3.48. The normalized spacial score (nSPS) is 22.0. The van der Waals surface area contributed by atoms with Gasteiger partial charge in [0.15, 0.2) is 0 Å². The number of furan rings is 1. The number of urea groups is 1. The van der Waals surface area contributed by atoms with Crippen molar-refractivity contribution in [2.24, 2.45) is 5.41 Å². The standard InChI is InChI=1S/C15H22N2O4/c1-2-15(13(18)19)7-4-9-17(11-15)14(20)16-8-6-12-5-3-10-21-12/h3,5,10H,2,4,6-9,11H2,1H3,(H,16,20)(H,18,19). The molecule has 2 N–H and O–H groups in total. The first kappa shape index (κ1) is 15.4. The zero-order chi connectivity index (χ0) is 15.3. The molecule has 2 amide bonds. The molecule has 0 aromatic carbocycles. The number of nitrogens with one attached hydrogen (secondary N) is 1. The van der Waals surface area contributed by atoms with Crippen LogP contribution in [0.5, 0.6) is 0 Å². The molecule has 0 spiro atoms. The fourth-order valence-corrected chi connectivity index (χ4v) is 2.78. The fourth-order valence-electron chi connectivity index (χ4n) is 2.78. The summed E-state index contributed by atoms with van der Waals surface area (Å²) < 4.78 is 5.20. The predicted octanol–water partition coefficient (Wildman–Crippen LogP) is 2.11. The molecule has 1 aliphatic heterocycles. The van der Waals surface area contributed by atoms with E-state index in [0.29, 0.717) is 32.4 Å². The molecular formula is C15H22N2O4. The molecule has 0 bridgehead atoms. The van der Waals surface area contributed by atoms with Crippen molar-refractivity contribution in [3.8, 4) is 0 Å². The van der Waals surface area contributed by atoms with Gasteiger partial charge in [-0.3, -0.25) is 4.79 Å². The number of aliphatic carboxylic acids is 1. The Balaban J connectivity index is 1.85. The van der Waals surface area contributed by atoms with Crippen LogP contribution in [0.2, 0.25) is 0 Å². The zero-order valence-corrected chi connectivity index (χ0v) is 12.3. The smallest absolute Gasteiger partial charge is 0.317 e. The molecule has 1 fully saturated rings. The van der Waals surface area contributed by atoms with Crippen molar-refractivity contribution in [1.82, 2.24) is 10.2 Å². The fraction of sp³-hybridized carbons (Fsp3) is 0.600. The highest BCUT2D eigenvalue weighted by molar-refractivity contribution is 5.78. The molecule has 116 valence electrons. The molecule has 1 saturated heterocycles. The average Bonchev–Trinajstić information content (AvgIpc) is 3.00. The zero-order valence-electron chi connectivity index (χ0n) is 12.3. The Morgan fingerprint density at radius 1 is 1.52 bits per heavy atom. The van der Waals surface area contributed by atoms with Crippen LogP contribution in [-0.4, -0.2) is 41.6 Å². The Hall–Kier alpha value is -1.98. The second kappa shape index (κ2) is 6.65. The minimum Gasteiger partial charge on any atom is -0.481 e. The Morgan fingerprint density at radius 2 is 2.33 bits per heavy atom. The molecular weight excluding hydrogens is 272 g/mol. The first-order valence-electron chi connectivity index (χ1n) is 7.36. The molecule has 1 unspecified atom stereocenters. The summed E-state index contributed by atoms with van der Waals surface area (Å²) in [7, 11) is 0. The molecule has 0 saturated carbocycles. The van der Waals surface area contributed by atoms with Gasteiger partial charge < -0.3 is 19.7 Å². The highest BCUT2D eigenvalue weighted by Gasteiger charge is 2.42. The Bertz CT molecular complexity index is 486. The van der Waals surface area contributed by atoms with Gasteiger partial charge in [-0.1, -0.05) is 6.92 Å². The SMILES string of the molecule is CCC1(C(=O)O)CCCN(C(=O)NCCc2ccco2)C1. The quantitative estimate of drug-likeness (QED) is 0.871. The number of rotatable bonds is 5. The summed E-state index contributed by atoms with van der Waals surface area (Å²) in [5.41, 5.74) is -0.795. The molecule has 6 heteroatoms. The lowest BCUT2D eigenvalue weighted by molar-refractivity contribution is -0.152. The van der Waals surface area contributed by atoms with Gasteiger partial charge in [0.25, 0.3) is 0 Å². The summed E-state index contributed by atoms with van der Waals surface area (Å²) in [6.45, 7) is 3.24. The minimum absolute atomic E-state index is 0.194. The van der Waals surface area contributed by atoms with Crippen LogP contribution in [0.1, 0.15) is 31.9 Å². The van der Waals surface area contributed by atoms with E-state index in [1.54, 1.807) is 11.2 Å². The molecule has 0 radical (unpaired) electrons. The maximum absolute atomic E-state index is 12.1. The van der Waals surface area contributed by atoms with Gasteiger partial charge in [0.1, 0.15) is 5.76 Å². The van der Waals surface area contributed by atoms with Gasteiger partial charge in [0, 0.05) is 26.1 Å². The van der Waals surface area contributed by atoms with Gasteiger partial charge in [-0.25, -0.2) is 4.79 Å². The topological polar surface area (TPSA) is 82.8 Å². The second-order valence-electron chi connectivity index (χ2n) is 5.53. The van der Waals surface area contributed by atoms with Gasteiger partial charge in [0.05, 0.1) is 11.7 Å². The van der Waals surface area contributed by atoms with Crippen LogP contribution in [0.15, 0.2) is 22.8 Å². The molecule has 6 nitrogen and oxygen atoms in total. The van der Waals surface area contributed by atoms with Gasteiger partial charge in [0.2, 0.25) is 0 Å². The van der Waals surface area contributed by atoms with Crippen molar-refractivity contribution in [3.63, 3.8) is 0 Å². The first-order valence-corrected chi connectivity index (χ1v) is 7.36. The van der Waals surface area contributed by atoms with Gasteiger partial charge in [-0.05, 0) is 31.4 Å². The molecule has 1 aliphatic rings. The summed E-state index contributed by atoms with van der Waals surface area (Å²) in [5.74, 6) is 0.0143. The van der Waals surface area contributed by atoms with E-state index in [2.05, 4.69) is 5.32 Å². The number of carboxylic acid groups (broad SMARTS) is 1. The van der Waals surface area contributed by atoms with Crippen molar-refractivity contribution in [1.29, 1.82) is 0 Å². The van der Waals surface area contributed by atoms with Crippen molar-refractivity contribution >= 4 is 12.0 Å². The molecule has 1 atom stereocenters. The predicted molar refractivity (Wildman–Crippen MR) is 77.0 cm³/mol. The summed E-state index contributed by atoms with van der Waals surface area (Å²) in [4.78, 5) is 25.2. The lowest BCUT2D eigenvalue weighted by Crippen LogP contribution is -2.52. The van der Waals surface area contributed by atoms with Crippen LogP contribution in [-0.2, 0) is 11.2 Å². The first-order chi connectivity index (χ1) is 10.1. The third-order valence-corrected chi connectivity index (χ3v) is 4.22. The van der Waals surface area contributed by atoms with Crippen LogP contribution < -0.4 is 5.32 Å². The van der Waals surface area contributed by atoms with E-state index < -0.39 is 11.4 Å². The number of carbonyl (C=O) groups excluding carboxylic acids is 1. The van der Waals surface area contributed by atoms with E-state index in [1.165, 1.54) is 0 Å². The molecule has 0 aliphatic carbocycles. The number of amides is 2. The average molecular weight is 294 g/mol. The summed E-state index contributed by atoms with van der Waals surface area (Å²) in [6.07, 6.45) is 4.13. The number of piperidine rings is 1. The van der Waals surface area contributed by atoms with E-state index in [0.717, 1.165) is 12.2 Å². The maximum atomic E-state index is 12.1. The van der Waals surface area contributed by atoms with Crippen LogP contribution in [0.4, 0.5) is 4.79 Å². The van der Waals surface area contributed by atoms with E-state index in [-0.39, 0.29) is 12.6 Å². The van der Waals surface area contributed by atoms with E-state index in [1.807, 2.05) is 19.1 Å². The number of carbonyl (C=O) groups is 2. The van der Waals surface area contributed by atoms with E-state index in [9.17, 15) is 14.7 Å². The Labute approximate surface area is 124 Å². The molecule has 2 heterocycles. The van der Waals surface area contributed by atoms with Gasteiger partial charge in [-0.2, -0.15) is 0 Å². The second-order valence-corrected chi connectivity index (χ2v) is 5.53. The third-order valence-electron chi connectivity index (χ3n) is 4.22. The van der Waals surface area contributed by atoms with Crippen LogP contribution >= 0.6 is 0 Å². The summed E-state index contributed by atoms with van der Waals surface area (Å²) in [5, 5.41) is 12.2. The number of hydrogen-bond donors (Lipinski definition) is 2. The Kier molecular flexibility index (Phi) is 4.88. The lowest BCUT2D eigenvalue weighted by atomic mass is 9.78.